The second kappa shape index (κ2) is 16.5. The maximum atomic E-state index is 5.86. The summed E-state index contributed by atoms with van der Waals surface area (Å²) >= 11 is 0. The maximum absolute atomic E-state index is 5.86. The Morgan fingerprint density at radius 3 is 2.00 bits per heavy atom. The summed E-state index contributed by atoms with van der Waals surface area (Å²) in [4.78, 5) is 9.12. The van der Waals surface area contributed by atoms with Gasteiger partial charge in [0.1, 0.15) is 5.75 Å². The van der Waals surface area contributed by atoms with E-state index in [1.807, 2.05) is 36.7 Å². The maximum Gasteiger partial charge on any atom is 0.159 e. The Bertz CT molecular complexity index is 707. The minimum Gasteiger partial charge on any atom is -0.493 e. The van der Waals surface area contributed by atoms with Crippen LogP contribution in [-0.4, -0.2) is 16.6 Å². The number of aryl methyl sites for hydroxylation is 1. The third-order valence-corrected chi connectivity index (χ3v) is 5.58. The molecule has 0 aliphatic rings. The van der Waals surface area contributed by atoms with Crippen molar-refractivity contribution in [3.05, 3.63) is 54.4 Å². The second-order valence-corrected chi connectivity index (χ2v) is 8.41. The largest absolute Gasteiger partial charge is 0.493 e. The fourth-order valence-corrected chi connectivity index (χ4v) is 3.61. The molecule has 0 spiro atoms. The van der Waals surface area contributed by atoms with Gasteiger partial charge in [0.05, 0.1) is 6.61 Å². The van der Waals surface area contributed by atoms with Crippen LogP contribution in [0.5, 0.6) is 5.75 Å². The van der Waals surface area contributed by atoms with Crippen molar-refractivity contribution in [2.24, 2.45) is 0 Å². The van der Waals surface area contributed by atoms with Gasteiger partial charge in [0.15, 0.2) is 5.82 Å². The van der Waals surface area contributed by atoms with Crippen molar-refractivity contribution in [3.63, 3.8) is 0 Å². The van der Waals surface area contributed by atoms with Gasteiger partial charge in [0.25, 0.3) is 0 Å². The molecule has 0 saturated heterocycles. The summed E-state index contributed by atoms with van der Waals surface area (Å²) in [6.07, 6.45) is 24.9. The normalized spacial score (nSPS) is 11.3. The molecule has 170 valence electrons. The minimum atomic E-state index is 0.717. The van der Waals surface area contributed by atoms with Gasteiger partial charge in [-0.1, -0.05) is 77.4 Å². The molecule has 0 atom stereocenters. The van der Waals surface area contributed by atoms with Gasteiger partial charge >= 0.3 is 0 Å². The number of rotatable bonds is 17. The number of aromatic nitrogens is 2. The highest BCUT2D eigenvalue weighted by molar-refractivity contribution is 5.55. The van der Waals surface area contributed by atoms with Gasteiger partial charge in [0, 0.05) is 18.0 Å². The monoisotopic (exact) mass is 422 g/mol. The lowest BCUT2D eigenvalue weighted by molar-refractivity contribution is 0.325. The van der Waals surface area contributed by atoms with E-state index in [9.17, 15) is 0 Å². The van der Waals surface area contributed by atoms with E-state index in [-0.39, 0.29) is 0 Å². The summed E-state index contributed by atoms with van der Waals surface area (Å²) in [5.41, 5.74) is 2.26. The van der Waals surface area contributed by atoms with Crippen molar-refractivity contribution >= 4 is 0 Å². The molecule has 1 heterocycles. The second-order valence-electron chi connectivity index (χ2n) is 8.41. The van der Waals surface area contributed by atoms with E-state index in [0.717, 1.165) is 36.6 Å². The fraction of sp³-hybridized carbons (Fsp3) is 0.571. The van der Waals surface area contributed by atoms with Crippen molar-refractivity contribution in [1.82, 2.24) is 9.97 Å². The zero-order valence-electron chi connectivity index (χ0n) is 19.8. The van der Waals surface area contributed by atoms with E-state index in [0.29, 0.717) is 0 Å². The van der Waals surface area contributed by atoms with Crippen LogP contribution in [0.1, 0.15) is 96.5 Å². The Kier molecular flexibility index (Phi) is 13.4. The zero-order chi connectivity index (χ0) is 22.0. The molecule has 0 radical (unpaired) electrons. The van der Waals surface area contributed by atoms with Crippen molar-refractivity contribution < 1.29 is 4.74 Å². The molecule has 3 heteroatoms. The third kappa shape index (κ3) is 11.1. The van der Waals surface area contributed by atoms with E-state index in [1.54, 1.807) is 0 Å². The van der Waals surface area contributed by atoms with Crippen LogP contribution in [0.25, 0.3) is 11.4 Å². The molecule has 31 heavy (non-hydrogen) atoms. The van der Waals surface area contributed by atoms with Gasteiger partial charge < -0.3 is 4.74 Å². The average Bonchev–Trinajstić information content (AvgIpc) is 2.81. The summed E-state index contributed by atoms with van der Waals surface area (Å²) in [6.45, 7) is 5.23. The molecule has 0 N–H and O–H groups in total. The summed E-state index contributed by atoms with van der Waals surface area (Å²) < 4.78 is 5.86. The minimum absolute atomic E-state index is 0.717. The van der Waals surface area contributed by atoms with Gasteiger partial charge in [-0.3, -0.25) is 0 Å². The van der Waals surface area contributed by atoms with Crippen LogP contribution in [0.3, 0.4) is 0 Å². The lowest BCUT2D eigenvalue weighted by Gasteiger charge is -2.06. The highest BCUT2D eigenvalue weighted by Crippen LogP contribution is 2.20. The van der Waals surface area contributed by atoms with Gasteiger partial charge in [-0.2, -0.15) is 0 Å². The SMILES string of the molecule is CCCCCCCC=CCCOc1ccc(-c2ncc(CCCCCCC)cn2)cc1. The first-order valence-corrected chi connectivity index (χ1v) is 12.5. The standard InChI is InChI=1S/C28H42N2O/c1-3-5-7-9-10-11-12-14-16-22-31-27-20-18-26(19-21-27)28-29-23-25(24-30-28)17-15-13-8-6-4-2/h12,14,18-21,23-24H,3-11,13,15-17,22H2,1-2H3. The molecule has 0 unspecified atom stereocenters. The molecule has 0 saturated carbocycles. The number of nitrogens with zero attached hydrogens (tertiary/aromatic N) is 2. The van der Waals surface area contributed by atoms with Gasteiger partial charge in [-0.15, -0.1) is 0 Å². The number of unbranched alkanes of at least 4 members (excludes halogenated alkanes) is 9. The van der Waals surface area contributed by atoms with E-state index < -0.39 is 0 Å². The summed E-state index contributed by atoms with van der Waals surface area (Å²) in [7, 11) is 0. The number of ether oxygens (including phenoxy) is 1. The van der Waals surface area contributed by atoms with Crippen LogP contribution in [-0.2, 0) is 6.42 Å². The van der Waals surface area contributed by atoms with Crippen molar-refractivity contribution in [2.75, 3.05) is 6.61 Å². The van der Waals surface area contributed by atoms with Crippen molar-refractivity contribution in [2.45, 2.75) is 97.3 Å². The van der Waals surface area contributed by atoms with Crippen LogP contribution >= 0.6 is 0 Å². The Balaban J connectivity index is 1.64. The van der Waals surface area contributed by atoms with Crippen molar-refractivity contribution in [1.29, 1.82) is 0 Å². The quantitative estimate of drug-likeness (QED) is 0.190. The molecular formula is C28H42N2O. The lowest BCUT2D eigenvalue weighted by Crippen LogP contribution is -1.96. The number of allylic oxidation sites excluding steroid dienone is 1. The predicted molar refractivity (Wildman–Crippen MR) is 133 cm³/mol. The van der Waals surface area contributed by atoms with Crippen LogP contribution in [0.2, 0.25) is 0 Å². The fourth-order valence-electron chi connectivity index (χ4n) is 3.61. The van der Waals surface area contributed by atoms with Gasteiger partial charge in [-0.25, -0.2) is 9.97 Å². The molecule has 0 aliphatic carbocycles. The number of benzene rings is 1. The number of hydrogen-bond acceptors (Lipinski definition) is 3. The van der Waals surface area contributed by atoms with Crippen LogP contribution < -0.4 is 4.74 Å². The molecule has 2 rings (SSSR count). The first-order valence-electron chi connectivity index (χ1n) is 12.5. The number of hydrogen-bond donors (Lipinski definition) is 0. The third-order valence-electron chi connectivity index (χ3n) is 5.58. The Hall–Kier alpha value is -2.16. The Morgan fingerprint density at radius 2 is 1.32 bits per heavy atom. The summed E-state index contributed by atoms with van der Waals surface area (Å²) in [5.74, 6) is 1.68. The lowest BCUT2D eigenvalue weighted by atomic mass is 10.1. The molecule has 0 bridgehead atoms. The van der Waals surface area contributed by atoms with Crippen LogP contribution in [0, 0.1) is 0 Å². The van der Waals surface area contributed by atoms with E-state index in [4.69, 9.17) is 4.74 Å². The highest BCUT2D eigenvalue weighted by Gasteiger charge is 2.03. The Morgan fingerprint density at radius 1 is 0.710 bits per heavy atom. The van der Waals surface area contributed by atoms with Gasteiger partial charge in [-0.05, 0) is 61.9 Å². The summed E-state index contributed by atoms with van der Waals surface area (Å²) in [6, 6.07) is 8.11. The molecule has 0 amide bonds. The predicted octanol–water partition coefficient (Wildman–Crippen LogP) is 8.34. The first kappa shape index (κ1) is 25.1. The molecule has 0 aliphatic heterocycles. The molecular weight excluding hydrogens is 380 g/mol. The zero-order valence-corrected chi connectivity index (χ0v) is 19.8. The smallest absolute Gasteiger partial charge is 0.159 e. The van der Waals surface area contributed by atoms with Crippen LogP contribution in [0.4, 0.5) is 0 Å². The molecule has 2 aromatic rings. The van der Waals surface area contributed by atoms with Gasteiger partial charge in [0.2, 0.25) is 0 Å². The molecule has 3 nitrogen and oxygen atoms in total. The first-order chi connectivity index (χ1) is 15.3. The average molecular weight is 423 g/mol. The van der Waals surface area contributed by atoms with Crippen molar-refractivity contribution in [3.8, 4) is 17.1 Å². The highest BCUT2D eigenvalue weighted by atomic mass is 16.5. The topological polar surface area (TPSA) is 35.0 Å². The Labute approximate surface area is 190 Å². The van der Waals surface area contributed by atoms with E-state index in [1.165, 1.54) is 76.2 Å². The van der Waals surface area contributed by atoms with E-state index in [2.05, 4.69) is 36.0 Å². The van der Waals surface area contributed by atoms with Crippen LogP contribution in [0.15, 0.2) is 48.8 Å². The molecule has 1 aromatic heterocycles. The summed E-state index contributed by atoms with van der Waals surface area (Å²) in [5, 5.41) is 0. The molecule has 0 fully saturated rings. The molecule has 1 aromatic carbocycles. The van der Waals surface area contributed by atoms with E-state index >= 15 is 0 Å².